The van der Waals surface area contributed by atoms with Crippen LogP contribution in [0.2, 0.25) is 0 Å². The van der Waals surface area contributed by atoms with Gasteiger partial charge in [0.25, 0.3) is 0 Å². The van der Waals surface area contributed by atoms with E-state index in [1.807, 2.05) is 0 Å². The fraction of sp³-hybridized carbons (Fsp3) is 0.0909. The van der Waals surface area contributed by atoms with Crippen LogP contribution in [0.5, 0.6) is 0 Å². The summed E-state index contributed by atoms with van der Waals surface area (Å²) in [5.74, 6) is -1.04. The molecule has 0 aliphatic heterocycles. The minimum Gasteiger partial charge on any atom is -0.476 e. The summed E-state index contributed by atoms with van der Waals surface area (Å²) < 4.78 is 12.8. The Hall–Kier alpha value is -2.17. The van der Waals surface area contributed by atoms with E-state index in [-0.39, 0.29) is 5.69 Å². The lowest BCUT2D eigenvalue weighted by Gasteiger charge is -1.97. The smallest absolute Gasteiger partial charge is 0.356 e. The minimum absolute atomic E-state index is 0.0436. The zero-order chi connectivity index (χ0) is 11.5. The Kier molecular flexibility index (Phi) is 2.68. The number of benzene rings is 1. The van der Waals surface area contributed by atoms with Crippen LogP contribution in [0.1, 0.15) is 21.9 Å². The summed E-state index contributed by atoms with van der Waals surface area (Å²) in [4.78, 5) is 17.2. The van der Waals surface area contributed by atoms with Gasteiger partial charge in [0.05, 0.1) is 0 Å². The molecule has 2 aromatic rings. The van der Waals surface area contributed by atoms with Crippen molar-refractivity contribution >= 4 is 5.97 Å². The van der Waals surface area contributed by atoms with Crippen molar-refractivity contribution in [2.24, 2.45) is 0 Å². The maximum absolute atomic E-state index is 12.8. The zero-order valence-corrected chi connectivity index (χ0v) is 8.20. The van der Waals surface area contributed by atoms with E-state index in [1.165, 1.54) is 18.3 Å². The van der Waals surface area contributed by atoms with Crippen molar-refractivity contribution in [2.45, 2.75) is 6.42 Å². The van der Waals surface area contributed by atoms with E-state index in [4.69, 9.17) is 5.11 Å². The van der Waals surface area contributed by atoms with Crippen molar-refractivity contribution in [3.8, 4) is 0 Å². The third kappa shape index (κ3) is 2.25. The largest absolute Gasteiger partial charge is 0.476 e. The van der Waals surface area contributed by atoms with Crippen molar-refractivity contribution in [3.05, 3.63) is 53.4 Å². The molecule has 5 heteroatoms. The quantitative estimate of drug-likeness (QED) is 0.824. The Morgan fingerprint density at radius 1 is 1.62 bits per heavy atom. The van der Waals surface area contributed by atoms with Crippen LogP contribution in [-0.4, -0.2) is 21.0 Å². The van der Waals surface area contributed by atoms with Gasteiger partial charge in [0, 0.05) is 18.7 Å². The van der Waals surface area contributed by atoms with Crippen molar-refractivity contribution in [2.75, 3.05) is 0 Å². The maximum atomic E-state index is 12.8. The van der Waals surface area contributed by atoms with Crippen LogP contribution >= 0.6 is 0 Å². The van der Waals surface area contributed by atoms with Gasteiger partial charge < -0.3 is 10.1 Å². The summed E-state index contributed by atoms with van der Waals surface area (Å²) >= 11 is 0. The van der Waals surface area contributed by atoms with Gasteiger partial charge >= 0.3 is 5.97 Å². The molecule has 0 aliphatic carbocycles. The monoisotopic (exact) mass is 219 g/mol. The standard InChI is InChI=1S/C11H8FN2O2/c12-8-3-1-2-7(4-8)5-10-13-6-9(14-10)11(15)16/h1-2,4,6H,5H2,(H,13,14)(H,15,16). The molecule has 0 amide bonds. The van der Waals surface area contributed by atoms with E-state index in [1.54, 1.807) is 6.07 Å². The van der Waals surface area contributed by atoms with Gasteiger partial charge in [-0.3, -0.25) is 0 Å². The number of nitrogens with zero attached hydrogens (tertiary/aromatic N) is 1. The van der Waals surface area contributed by atoms with Gasteiger partial charge in [-0.05, 0) is 11.6 Å². The van der Waals surface area contributed by atoms with E-state index in [9.17, 15) is 9.18 Å². The number of aromatic amines is 1. The average molecular weight is 219 g/mol. The second-order valence-electron chi connectivity index (χ2n) is 3.26. The summed E-state index contributed by atoms with van der Waals surface area (Å²) in [6.45, 7) is 0. The first-order valence-corrected chi connectivity index (χ1v) is 4.59. The Morgan fingerprint density at radius 2 is 2.44 bits per heavy atom. The SMILES string of the molecule is O=C(O)c1c[nH]c(Cc2cc[c]c(F)c2)n1. The lowest BCUT2D eigenvalue weighted by Crippen LogP contribution is -1.97. The molecule has 0 saturated carbocycles. The molecule has 0 spiro atoms. The van der Waals surface area contributed by atoms with Crippen LogP contribution in [0.15, 0.2) is 24.4 Å². The number of aromatic nitrogens is 2. The highest BCUT2D eigenvalue weighted by atomic mass is 19.1. The topological polar surface area (TPSA) is 66.0 Å². The zero-order valence-electron chi connectivity index (χ0n) is 8.20. The van der Waals surface area contributed by atoms with Crippen LogP contribution in [0.3, 0.4) is 0 Å². The van der Waals surface area contributed by atoms with E-state index < -0.39 is 11.8 Å². The van der Waals surface area contributed by atoms with E-state index in [2.05, 4.69) is 16.0 Å². The summed E-state index contributed by atoms with van der Waals surface area (Å²) in [5, 5.41) is 8.66. The summed E-state index contributed by atoms with van der Waals surface area (Å²) in [7, 11) is 0. The van der Waals surface area contributed by atoms with Crippen LogP contribution in [0.25, 0.3) is 0 Å². The number of carboxylic acids is 1. The molecule has 1 aromatic carbocycles. The number of hydrogen-bond donors (Lipinski definition) is 2. The molecule has 2 N–H and O–H groups in total. The van der Waals surface area contributed by atoms with Crippen molar-refractivity contribution in [1.82, 2.24) is 9.97 Å². The molecule has 2 rings (SSSR count). The van der Waals surface area contributed by atoms with Gasteiger partial charge in [-0.1, -0.05) is 12.1 Å². The summed E-state index contributed by atoms with van der Waals surface area (Å²) in [6.07, 6.45) is 1.67. The van der Waals surface area contributed by atoms with Crippen LogP contribution in [0, 0.1) is 11.9 Å². The number of hydrogen-bond acceptors (Lipinski definition) is 2. The van der Waals surface area contributed by atoms with E-state index in [0.717, 1.165) is 0 Å². The van der Waals surface area contributed by atoms with E-state index in [0.29, 0.717) is 17.8 Å². The highest BCUT2D eigenvalue weighted by Crippen LogP contribution is 2.08. The van der Waals surface area contributed by atoms with E-state index >= 15 is 0 Å². The molecule has 1 aromatic heterocycles. The number of nitrogens with one attached hydrogen (secondary N) is 1. The van der Waals surface area contributed by atoms with Crippen molar-refractivity contribution < 1.29 is 14.3 Å². The Morgan fingerprint density at radius 3 is 3.06 bits per heavy atom. The number of aromatic carboxylic acids is 1. The van der Waals surface area contributed by atoms with Crippen molar-refractivity contribution in [1.29, 1.82) is 0 Å². The molecule has 81 valence electrons. The number of carboxylic acid groups (broad SMARTS) is 1. The maximum Gasteiger partial charge on any atom is 0.356 e. The first-order valence-electron chi connectivity index (χ1n) is 4.59. The normalized spacial score (nSPS) is 10.3. The highest BCUT2D eigenvalue weighted by molar-refractivity contribution is 5.85. The van der Waals surface area contributed by atoms with Crippen LogP contribution < -0.4 is 0 Å². The molecule has 0 unspecified atom stereocenters. The second kappa shape index (κ2) is 4.14. The highest BCUT2D eigenvalue weighted by Gasteiger charge is 2.08. The van der Waals surface area contributed by atoms with Crippen molar-refractivity contribution in [3.63, 3.8) is 0 Å². The number of H-pyrrole nitrogens is 1. The molecular weight excluding hydrogens is 211 g/mol. The third-order valence-corrected chi connectivity index (χ3v) is 2.05. The Balaban J connectivity index is 2.17. The number of imidazole rings is 1. The van der Waals surface area contributed by atoms with Gasteiger partial charge in [-0.25, -0.2) is 14.2 Å². The summed E-state index contributed by atoms with van der Waals surface area (Å²) in [5.41, 5.74) is 0.667. The van der Waals surface area contributed by atoms with Gasteiger partial charge in [0.15, 0.2) is 5.69 Å². The predicted octanol–water partition coefficient (Wildman–Crippen LogP) is 1.64. The molecule has 1 radical (unpaired) electrons. The number of carbonyl (C=O) groups is 1. The molecule has 16 heavy (non-hydrogen) atoms. The molecular formula is C11H8FN2O2. The molecule has 0 atom stereocenters. The van der Waals surface area contributed by atoms with Gasteiger partial charge in [0.2, 0.25) is 0 Å². The molecule has 0 fully saturated rings. The first kappa shape index (κ1) is 10.4. The number of halogens is 1. The molecule has 4 nitrogen and oxygen atoms in total. The molecule has 0 aliphatic rings. The average Bonchev–Trinajstić information content (AvgIpc) is 2.66. The van der Waals surface area contributed by atoms with Crippen LogP contribution in [-0.2, 0) is 6.42 Å². The lowest BCUT2D eigenvalue weighted by molar-refractivity contribution is 0.0691. The lowest BCUT2D eigenvalue weighted by atomic mass is 10.1. The molecule has 0 bridgehead atoms. The third-order valence-electron chi connectivity index (χ3n) is 2.05. The summed E-state index contributed by atoms with van der Waals surface area (Å²) in [6, 6.07) is 6.90. The molecule has 0 saturated heterocycles. The Bertz CT molecular complexity index is 522. The van der Waals surface area contributed by atoms with Crippen LogP contribution in [0.4, 0.5) is 4.39 Å². The first-order chi connectivity index (χ1) is 7.65. The fourth-order valence-corrected chi connectivity index (χ4v) is 1.35. The Labute approximate surface area is 90.8 Å². The predicted molar refractivity (Wildman–Crippen MR) is 53.6 cm³/mol. The minimum atomic E-state index is -1.09. The fourth-order valence-electron chi connectivity index (χ4n) is 1.35. The number of rotatable bonds is 3. The van der Waals surface area contributed by atoms with Gasteiger partial charge in [-0.2, -0.15) is 0 Å². The second-order valence-corrected chi connectivity index (χ2v) is 3.26. The molecule has 1 heterocycles. The van der Waals surface area contributed by atoms with Gasteiger partial charge in [-0.15, -0.1) is 0 Å². The van der Waals surface area contributed by atoms with Gasteiger partial charge in [0.1, 0.15) is 11.6 Å².